The van der Waals surface area contributed by atoms with Gasteiger partial charge >= 0.3 is 0 Å². The molecular weight excluding hydrogens is 222 g/mol. The van der Waals surface area contributed by atoms with Gasteiger partial charge in [0.2, 0.25) is 0 Å². The molecule has 0 N–H and O–H groups in total. The molecule has 0 saturated carbocycles. The topological polar surface area (TPSA) is 20.3 Å². The highest BCUT2D eigenvalue weighted by Gasteiger charge is 2.39. The first kappa shape index (κ1) is 13.3. The van der Waals surface area contributed by atoms with Gasteiger partial charge in [0.25, 0.3) is 0 Å². The fourth-order valence-corrected chi connectivity index (χ4v) is 2.84. The summed E-state index contributed by atoms with van der Waals surface area (Å²) in [5, 5.41) is 0. The van der Waals surface area contributed by atoms with Crippen LogP contribution in [-0.2, 0) is 0 Å². The number of carbonyl (C=O) groups is 1. The third-order valence-electron chi connectivity index (χ3n) is 4.26. The number of likely N-dealkylation sites (tertiary alicyclic amines) is 1. The van der Waals surface area contributed by atoms with Crippen molar-refractivity contribution < 1.29 is 4.79 Å². The molecule has 2 rings (SSSR count). The van der Waals surface area contributed by atoms with E-state index in [2.05, 4.69) is 18.7 Å². The van der Waals surface area contributed by atoms with Crippen molar-refractivity contribution in [3.63, 3.8) is 0 Å². The molecule has 1 aliphatic heterocycles. The molecule has 2 nitrogen and oxygen atoms in total. The Labute approximate surface area is 110 Å². The summed E-state index contributed by atoms with van der Waals surface area (Å²) in [5.41, 5.74) is 1.68. The first-order valence-electron chi connectivity index (χ1n) is 6.94. The maximum Gasteiger partial charge on any atom is 0.182 e. The average molecular weight is 245 g/mol. The van der Waals surface area contributed by atoms with Crippen molar-refractivity contribution in [2.45, 2.75) is 45.6 Å². The predicted octanol–water partition coefficient (Wildman–Crippen LogP) is 3.44. The Balaban J connectivity index is 2.29. The van der Waals surface area contributed by atoms with Gasteiger partial charge in [0.1, 0.15) is 0 Å². The number of ketones is 1. The largest absolute Gasteiger partial charge is 0.292 e. The summed E-state index contributed by atoms with van der Waals surface area (Å²) in [4.78, 5) is 15.2. The summed E-state index contributed by atoms with van der Waals surface area (Å²) in [5.74, 6) is 0.274. The van der Waals surface area contributed by atoms with Crippen molar-refractivity contribution in [3.8, 4) is 0 Å². The van der Waals surface area contributed by atoms with E-state index in [0.717, 1.165) is 30.6 Å². The number of hydrogen-bond donors (Lipinski definition) is 0. The van der Waals surface area contributed by atoms with Crippen molar-refractivity contribution in [2.75, 3.05) is 13.1 Å². The van der Waals surface area contributed by atoms with Crippen molar-refractivity contribution in [1.29, 1.82) is 0 Å². The van der Waals surface area contributed by atoms with Gasteiger partial charge in [-0.25, -0.2) is 0 Å². The van der Waals surface area contributed by atoms with Gasteiger partial charge in [0.05, 0.1) is 5.54 Å². The van der Waals surface area contributed by atoms with E-state index >= 15 is 0 Å². The van der Waals surface area contributed by atoms with E-state index < -0.39 is 0 Å². The highest BCUT2D eigenvalue weighted by Crippen LogP contribution is 2.28. The van der Waals surface area contributed by atoms with Crippen LogP contribution >= 0.6 is 0 Å². The third kappa shape index (κ3) is 2.35. The maximum atomic E-state index is 12.8. The predicted molar refractivity (Wildman–Crippen MR) is 75.0 cm³/mol. The van der Waals surface area contributed by atoms with Gasteiger partial charge in [-0.15, -0.1) is 0 Å². The second-order valence-electron chi connectivity index (χ2n) is 5.52. The van der Waals surface area contributed by atoms with Crippen LogP contribution in [0.1, 0.15) is 49.0 Å². The highest BCUT2D eigenvalue weighted by molar-refractivity contribution is 6.03. The SMILES string of the molecule is CCC(C)(C(=O)c1cccc(C)c1)N1CCCC1. The molecule has 0 radical (unpaired) electrons. The van der Waals surface area contributed by atoms with E-state index in [1.165, 1.54) is 12.8 Å². The molecule has 1 saturated heterocycles. The number of carbonyl (C=O) groups excluding carboxylic acids is 1. The molecule has 1 atom stereocenters. The Bertz CT molecular complexity index is 434. The maximum absolute atomic E-state index is 12.8. The number of nitrogens with zero attached hydrogens (tertiary/aromatic N) is 1. The Morgan fingerprint density at radius 1 is 1.33 bits per heavy atom. The summed E-state index contributed by atoms with van der Waals surface area (Å²) in [6.45, 7) is 8.37. The Hall–Kier alpha value is -1.15. The average Bonchev–Trinajstić information content (AvgIpc) is 2.91. The van der Waals surface area contributed by atoms with Gasteiger partial charge in [-0.2, -0.15) is 0 Å². The Morgan fingerprint density at radius 2 is 2.00 bits per heavy atom. The third-order valence-corrected chi connectivity index (χ3v) is 4.26. The molecule has 1 heterocycles. The lowest BCUT2D eigenvalue weighted by molar-refractivity contribution is 0.0647. The summed E-state index contributed by atoms with van der Waals surface area (Å²) < 4.78 is 0. The highest BCUT2D eigenvalue weighted by atomic mass is 16.1. The molecule has 1 aliphatic rings. The zero-order valence-electron chi connectivity index (χ0n) is 11.7. The van der Waals surface area contributed by atoms with Crippen LogP contribution in [0.25, 0.3) is 0 Å². The zero-order chi connectivity index (χ0) is 13.2. The summed E-state index contributed by atoms with van der Waals surface area (Å²) >= 11 is 0. The molecule has 98 valence electrons. The van der Waals surface area contributed by atoms with E-state index in [4.69, 9.17) is 0 Å². The molecule has 2 heteroatoms. The molecule has 1 aromatic carbocycles. The molecular formula is C16H23NO. The first-order chi connectivity index (χ1) is 8.58. The molecule has 0 bridgehead atoms. The minimum Gasteiger partial charge on any atom is -0.292 e. The fourth-order valence-electron chi connectivity index (χ4n) is 2.84. The lowest BCUT2D eigenvalue weighted by atomic mass is 9.86. The molecule has 1 fully saturated rings. The van der Waals surface area contributed by atoms with Crippen molar-refractivity contribution in [2.24, 2.45) is 0 Å². The van der Waals surface area contributed by atoms with Crippen LogP contribution in [0.2, 0.25) is 0 Å². The number of rotatable bonds is 4. The van der Waals surface area contributed by atoms with Gasteiger partial charge in [-0.3, -0.25) is 9.69 Å². The summed E-state index contributed by atoms with van der Waals surface area (Å²) in [6, 6.07) is 7.96. The molecule has 1 aromatic rings. The summed E-state index contributed by atoms with van der Waals surface area (Å²) in [6.07, 6.45) is 3.31. The van der Waals surface area contributed by atoms with Gasteiger partial charge in [-0.1, -0.05) is 30.7 Å². The van der Waals surface area contributed by atoms with E-state index in [9.17, 15) is 4.79 Å². The van der Waals surface area contributed by atoms with Crippen molar-refractivity contribution in [3.05, 3.63) is 35.4 Å². The van der Waals surface area contributed by atoms with Gasteiger partial charge < -0.3 is 0 Å². The normalized spacial score (nSPS) is 19.7. The molecule has 0 aromatic heterocycles. The van der Waals surface area contributed by atoms with Crippen LogP contribution in [0, 0.1) is 6.92 Å². The smallest absolute Gasteiger partial charge is 0.182 e. The van der Waals surface area contributed by atoms with E-state index in [0.29, 0.717) is 0 Å². The molecule has 0 spiro atoms. The number of hydrogen-bond acceptors (Lipinski definition) is 2. The molecule has 18 heavy (non-hydrogen) atoms. The van der Waals surface area contributed by atoms with Crippen LogP contribution < -0.4 is 0 Å². The van der Waals surface area contributed by atoms with E-state index in [1.54, 1.807) is 0 Å². The second kappa shape index (κ2) is 5.23. The van der Waals surface area contributed by atoms with Gasteiger partial charge in [0, 0.05) is 5.56 Å². The van der Waals surface area contributed by atoms with E-state index in [-0.39, 0.29) is 11.3 Å². The molecule has 0 aliphatic carbocycles. The minimum absolute atomic E-state index is 0.274. The minimum atomic E-state index is -0.329. The van der Waals surface area contributed by atoms with Gasteiger partial charge in [-0.05, 0) is 52.3 Å². The number of Topliss-reactive ketones (excluding diaryl/α,β-unsaturated/α-hetero) is 1. The lowest BCUT2D eigenvalue weighted by Gasteiger charge is -2.36. The van der Waals surface area contributed by atoms with Crippen LogP contribution in [0.15, 0.2) is 24.3 Å². The zero-order valence-corrected chi connectivity index (χ0v) is 11.7. The first-order valence-corrected chi connectivity index (χ1v) is 6.94. The number of benzene rings is 1. The molecule has 0 amide bonds. The second-order valence-corrected chi connectivity index (χ2v) is 5.52. The van der Waals surface area contributed by atoms with Crippen LogP contribution in [0.4, 0.5) is 0 Å². The van der Waals surface area contributed by atoms with E-state index in [1.807, 2.05) is 31.2 Å². The molecule has 1 unspecified atom stereocenters. The fraction of sp³-hybridized carbons (Fsp3) is 0.562. The van der Waals surface area contributed by atoms with Crippen LogP contribution in [-0.4, -0.2) is 29.3 Å². The summed E-state index contributed by atoms with van der Waals surface area (Å²) in [7, 11) is 0. The number of aryl methyl sites for hydroxylation is 1. The quantitative estimate of drug-likeness (QED) is 0.757. The Morgan fingerprint density at radius 3 is 2.56 bits per heavy atom. The Kier molecular flexibility index (Phi) is 3.86. The van der Waals surface area contributed by atoms with Crippen LogP contribution in [0.3, 0.4) is 0 Å². The van der Waals surface area contributed by atoms with Gasteiger partial charge in [0.15, 0.2) is 5.78 Å². The van der Waals surface area contributed by atoms with Crippen molar-refractivity contribution >= 4 is 5.78 Å². The van der Waals surface area contributed by atoms with Crippen molar-refractivity contribution in [1.82, 2.24) is 4.90 Å². The van der Waals surface area contributed by atoms with Crippen LogP contribution in [0.5, 0.6) is 0 Å². The monoisotopic (exact) mass is 245 g/mol. The standard InChI is InChI=1S/C16H23NO/c1-4-16(3,17-10-5-6-11-17)15(18)14-9-7-8-13(2)12-14/h7-9,12H,4-6,10-11H2,1-3H3. The lowest BCUT2D eigenvalue weighted by Crippen LogP contribution is -2.50.